The molecule has 1 aromatic carbocycles. The van der Waals surface area contributed by atoms with Crippen LogP contribution in [0.4, 0.5) is 0 Å². The van der Waals surface area contributed by atoms with Crippen LogP contribution in [0.2, 0.25) is 0 Å². The predicted molar refractivity (Wildman–Crippen MR) is 87.5 cm³/mol. The second-order valence-electron chi connectivity index (χ2n) is 5.47. The zero-order valence-corrected chi connectivity index (χ0v) is 13.1. The van der Waals surface area contributed by atoms with E-state index in [0.29, 0.717) is 17.1 Å². The molecule has 0 amide bonds. The Hall–Kier alpha value is -2.16. The zero-order chi connectivity index (χ0) is 15.4. The number of allylic oxidation sites excluding steroid dienone is 1. The lowest BCUT2D eigenvalue weighted by molar-refractivity contribution is -0.883. The third-order valence-electron chi connectivity index (χ3n) is 3.92. The van der Waals surface area contributed by atoms with Crippen LogP contribution in [-0.4, -0.2) is 29.7 Å². The molecule has 1 saturated heterocycles. The molecule has 112 valence electrons. The van der Waals surface area contributed by atoms with E-state index >= 15 is 0 Å². The predicted octanol–water partition coefficient (Wildman–Crippen LogP) is 2.28. The van der Waals surface area contributed by atoms with Gasteiger partial charge in [0.05, 0.1) is 18.8 Å². The van der Waals surface area contributed by atoms with Crippen molar-refractivity contribution < 1.29 is 10.0 Å². The van der Waals surface area contributed by atoms with Gasteiger partial charge in [0.2, 0.25) is 0 Å². The average Bonchev–Trinajstić information content (AvgIpc) is 3.21. The van der Waals surface area contributed by atoms with Crippen LogP contribution >= 0.6 is 11.3 Å². The van der Waals surface area contributed by atoms with E-state index in [-0.39, 0.29) is 5.76 Å². The number of nitrogens with one attached hydrogen (secondary N) is 1. The molecule has 1 fully saturated rings. The summed E-state index contributed by atoms with van der Waals surface area (Å²) >= 11 is 1.40. The molecule has 2 N–H and O–H groups in total. The Bertz CT molecular complexity index is 709. The van der Waals surface area contributed by atoms with Crippen molar-refractivity contribution in [2.45, 2.75) is 12.8 Å². The second kappa shape index (κ2) is 6.73. The lowest BCUT2D eigenvalue weighted by atomic mass is 10.2. The van der Waals surface area contributed by atoms with E-state index in [9.17, 15) is 10.4 Å². The summed E-state index contributed by atoms with van der Waals surface area (Å²) in [5.41, 5.74) is 2.17. The Balaban J connectivity index is 1.85. The summed E-state index contributed by atoms with van der Waals surface area (Å²) in [6, 6.07) is 12.0. The van der Waals surface area contributed by atoms with Gasteiger partial charge in [-0.25, -0.2) is 4.98 Å². The third-order valence-corrected chi connectivity index (χ3v) is 4.78. The highest BCUT2D eigenvalue weighted by molar-refractivity contribution is 7.11. The molecule has 0 unspecified atom stereocenters. The van der Waals surface area contributed by atoms with Crippen molar-refractivity contribution in [2.75, 3.05) is 19.6 Å². The fourth-order valence-electron chi connectivity index (χ4n) is 2.74. The number of hydrogen-bond acceptors (Lipinski definition) is 4. The van der Waals surface area contributed by atoms with Crippen LogP contribution in [0, 0.1) is 11.3 Å². The number of aromatic nitrogens is 1. The Kier molecular flexibility index (Phi) is 4.52. The van der Waals surface area contributed by atoms with Gasteiger partial charge >= 0.3 is 0 Å². The van der Waals surface area contributed by atoms with Crippen molar-refractivity contribution in [2.24, 2.45) is 0 Å². The third kappa shape index (κ3) is 3.19. The number of hydrogen-bond donors (Lipinski definition) is 2. The van der Waals surface area contributed by atoms with Crippen LogP contribution in [0.1, 0.15) is 17.8 Å². The number of rotatable bonds is 4. The van der Waals surface area contributed by atoms with Crippen LogP contribution in [0.3, 0.4) is 0 Å². The van der Waals surface area contributed by atoms with E-state index in [1.54, 1.807) is 0 Å². The standard InChI is InChI=1S/C17H17N3OS/c18-10-14(16(21)11-20-8-4-5-9-20)17-19-15(12-22-17)13-6-2-1-3-7-13/h1-3,6-7,12,21H,4-5,8-9,11H2/p+1/b16-14-. The Labute approximate surface area is 134 Å². The minimum absolute atomic E-state index is 0.161. The summed E-state index contributed by atoms with van der Waals surface area (Å²) in [7, 11) is 0. The highest BCUT2D eigenvalue weighted by Crippen LogP contribution is 2.26. The Morgan fingerprint density at radius 2 is 2.00 bits per heavy atom. The smallest absolute Gasteiger partial charge is 0.168 e. The largest absolute Gasteiger partial charge is 0.506 e. The number of nitrogens with zero attached hydrogens (tertiary/aromatic N) is 2. The Morgan fingerprint density at radius 1 is 1.27 bits per heavy atom. The van der Waals surface area contributed by atoms with Gasteiger partial charge in [-0.15, -0.1) is 11.3 Å². The van der Waals surface area contributed by atoms with Gasteiger partial charge in [0.25, 0.3) is 0 Å². The van der Waals surface area contributed by atoms with Gasteiger partial charge in [-0.2, -0.15) is 5.26 Å². The Morgan fingerprint density at radius 3 is 2.68 bits per heavy atom. The van der Waals surface area contributed by atoms with Crippen molar-refractivity contribution in [1.82, 2.24) is 4.98 Å². The fourth-order valence-corrected chi connectivity index (χ4v) is 3.59. The molecular formula is C17H18N3OS+. The summed E-state index contributed by atoms with van der Waals surface area (Å²) in [5, 5.41) is 22.2. The van der Waals surface area contributed by atoms with E-state index in [1.807, 2.05) is 35.7 Å². The highest BCUT2D eigenvalue weighted by Gasteiger charge is 2.21. The summed E-state index contributed by atoms with van der Waals surface area (Å²) in [6.07, 6.45) is 2.39. The summed E-state index contributed by atoms with van der Waals surface area (Å²) in [6.45, 7) is 2.65. The second-order valence-corrected chi connectivity index (χ2v) is 6.33. The molecule has 4 nitrogen and oxygen atoms in total. The van der Waals surface area contributed by atoms with Gasteiger partial charge in [0.1, 0.15) is 23.2 Å². The number of thiazole rings is 1. The van der Waals surface area contributed by atoms with Crippen LogP contribution in [0.5, 0.6) is 0 Å². The van der Waals surface area contributed by atoms with Gasteiger partial charge in [0.15, 0.2) is 5.76 Å². The van der Waals surface area contributed by atoms with Gasteiger partial charge in [0, 0.05) is 23.8 Å². The minimum Gasteiger partial charge on any atom is -0.506 e. The molecule has 1 aliphatic heterocycles. The van der Waals surface area contributed by atoms with Crippen molar-refractivity contribution in [1.29, 1.82) is 5.26 Å². The number of benzene rings is 1. The van der Waals surface area contributed by atoms with Crippen molar-refractivity contribution >= 4 is 16.9 Å². The highest BCUT2D eigenvalue weighted by atomic mass is 32.1. The van der Waals surface area contributed by atoms with E-state index in [1.165, 1.54) is 29.1 Å². The quantitative estimate of drug-likeness (QED) is 0.672. The summed E-state index contributed by atoms with van der Waals surface area (Å²) in [5.74, 6) is 0.161. The zero-order valence-electron chi connectivity index (χ0n) is 12.2. The van der Waals surface area contributed by atoms with E-state index in [4.69, 9.17) is 0 Å². The lowest BCUT2D eigenvalue weighted by Gasteiger charge is -2.11. The fraction of sp³-hybridized carbons (Fsp3) is 0.294. The minimum atomic E-state index is 0.161. The molecule has 2 heterocycles. The van der Waals surface area contributed by atoms with Crippen molar-refractivity contribution in [3.8, 4) is 17.3 Å². The van der Waals surface area contributed by atoms with Crippen molar-refractivity contribution in [3.05, 3.63) is 46.5 Å². The van der Waals surface area contributed by atoms with Gasteiger partial charge in [-0.3, -0.25) is 0 Å². The first-order chi connectivity index (χ1) is 10.8. The van der Waals surface area contributed by atoms with Crippen LogP contribution in [0.25, 0.3) is 16.8 Å². The van der Waals surface area contributed by atoms with Crippen LogP contribution < -0.4 is 4.90 Å². The molecule has 5 heteroatoms. The average molecular weight is 312 g/mol. The monoisotopic (exact) mass is 312 g/mol. The normalized spacial score (nSPS) is 16.3. The number of likely N-dealkylation sites (tertiary alicyclic amines) is 1. The maximum atomic E-state index is 10.3. The van der Waals surface area contributed by atoms with Gasteiger partial charge in [-0.05, 0) is 0 Å². The molecule has 0 saturated carbocycles. The molecule has 0 aliphatic carbocycles. The molecule has 3 rings (SSSR count). The topological polar surface area (TPSA) is 61.3 Å². The van der Waals surface area contributed by atoms with Gasteiger partial charge in [-0.1, -0.05) is 30.3 Å². The maximum absolute atomic E-state index is 10.3. The molecule has 0 radical (unpaired) electrons. The van der Waals surface area contributed by atoms with E-state index in [0.717, 1.165) is 24.3 Å². The number of quaternary nitrogens is 1. The number of nitriles is 1. The molecule has 1 aliphatic rings. The van der Waals surface area contributed by atoms with Crippen molar-refractivity contribution in [3.63, 3.8) is 0 Å². The first-order valence-electron chi connectivity index (χ1n) is 7.45. The molecular weight excluding hydrogens is 294 g/mol. The maximum Gasteiger partial charge on any atom is 0.168 e. The lowest BCUT2D eigenvalue weighted by Crippen LogP contribution is -3.10. The number of aliphatic hydroxyl groups is 1. The van der Waals surface area contributed by atoms with Gasteiger partial charge < -0.3 is 10.0 Å². The summed E-state index contributed by atoms with van der Waals surface area (Å²) < 4.78 is 0. The molecule has 0 atom stereocenters. The van der Waals surface area contributed by atoms with E-state index in [2.05, 4.69) is 11.1 Å². The summed E-state index contributed by atoms with van der Waals surface area (Å²) in [4.78, 5) is 5.85. The molecule has 0 bridgehead atoms. The molecule has 22 heavy (non-hydrogen) atoms. The number of aliphatic hydroxyl groups excluding tert-OH is 1. The van der Waals surface area contributed by atoms with Crippen LogP contribution in [0.15, 0.2) is 41.5 Å². The van der Waals surface area contributed by atoms with E-state index < -0.39 is 0 Å². The first kappa shape index (κ1) is 14.8. The first-order valence-corrected chi connectivity index (χ1v) is 8.33. The SMILES string of the molecule is N#C/C(=C(/O)C[NH+]1CCCC1)c1nc(-c2ccccc2)cs1. The molecule has 1 aromatic heterocycles. The molecule has 0 spiro atoms. The van der Waals surface area contributed by atoms with Crippen LogP contribution in [-0.2, 0) is 0 Å². The molecule has 2 aromatic rings.